The van der Waals surface area contributed by atoms with Crippen LogP contribution >= 0.6 is 24.2 Å². The molecule has 1 aliphatic rings. The first-order chi connectivity index (χ1) is 9.81. The molecule has 3 rings (SSSR count). The standard InChI is InChI=1S/C12H12N4O3S.ClH/c17-11(6-20-12-5-14-16-15-12)13-4-8-1-2-9-10(3-8)19-7-18-9;/h1-3,5H,4,6-7H2,(H,13,17)(H,14,15,16);1H. The van der Waals surface area contributed by atoms with Crippen LogP contribution < -0.4 is 14.8 Å². The highest BCUT2D eigenvalue weighted by Gasteiger charge is 2.13. The highest BCUT2D eigenvalue weighted by Crippen LogP contribution is 2.32. The molecular formula is C12H13ClN4O3S. The predicted octanol–water partition coefficient (Wildman–Crippen LogP) is 1.36. The van der Waals surface area contributed by atoms with Crippen LogP contribution in [0.3, 0.4) is 0 Å². The van der Waals surface area contributed by atoms with Gasteiger partial charge in [0, 0.05) is 6.54 Å². The molecule has 2 aromatic rings. The molecule has 1 amide bonds. The quantitative estimate of drug-likeness (QED) is 0.806. The third-order valence-electron chi connectivity index (χ3n) is 2.67. The van der Waals surface area contributed by atoms with E-state index < -0.39 is 0 Å². The van der Waals surface area contributed by atoms with Gasteiger partial charge in [0.05, 0.1) is 11.9 Å². The number of carbonyl (C=O) groups is 1. The van der Waals surface area contributed by atoms with Crippen LogP contribution in [-0.2, 0) is 11.3 Å². The van der Waals surface area contributed by atoms with E-state index in [0.29, 0.717) is 23.1 Å². The molecule has 0 bridgehead atoms. The average molecular weight is 329 g/mol. The Labute approximate surface area is 131 Å². The van der Waals surface area contributed by atoms with E-state index in [0.717, 1.165) is 11.3 Å². The van der Waals surface area contributed by atoms with Gasteiger partial charge >= 0.3 is 0 Å². The number of nitrogens with one attached hydrogen (secondary N) is 2. The minimum absolute atomic E-state index is 0. The Morgan fingerprint density at radius 2 is 2.24 bits per heavy atom. The van der Waals surface area contributed by atoms with Crippen molar-refractivity contribution in [3.05, 3.63) is 30.0 Å². The minimum Gasteiger partial charge on any atom is -0.454 e. The number of carbonyl (C=O) groups excluding carboxylic acids is 1. The van der Waals surface area contributed by atoms with Gasteiger partial charge in [-0.25, -0.2) is 0 Å². The number of amides is 1. The number of benzene rings is 1. The molecule has 112 valence electrons. The van der Waals surface area contributed by atoms with Crippen LogP contribution in [0.2, 0.25) is 0 Å². The summed E-state index contributed by atoms with van der Waals surface area (Å²) in [5.41, 5.74) is 0.967. The molecule has 1 aromatic heterocycles. The molecule has 0 unspecified atom stereocenters. The largest absolute Gasteiger partial charge is 0.454 e. The summed E-state index contributed by atoms with van der Waals surface area (Å²) in [6, 6.07) is 5.61. The first kappa shape index (κ1) is 15.5. The van der Waals surface area contributed by atoms with E-state index in [1.165, 1.54) is 11.8 Å². The number of halogens is 1. The van der Waals surface area contributed by atoms with E-state index in [9.17, 15) is 4.79 Å². The van der Waals surface area contributed by atoms with Gasteiger partial charge in [-0.05, 0) is 17.7 Å². The fraction of sp³-hybridized carbons (Fsp3) is 0.250. The van der Waals surface area contributed by atoms with Crippen molar-refractivity contribution in [2.24, 2.45) is 0 Å². The molecular weight excluding hydrogens is 316 g/mol. The van der Waals surface area contributed by atoms with Gasteiger partial charge in [0.1, 0.15) is 5.03 Å². The van der Waals surface area contributed by atoms with Crippen molar-refractivity contribution in [3.8, 4) is 11.5 Å². The number of thioether (sulfide) groups is 1. The summed E-state index contributed by atoms with van der Waals surface area (Å²) in [5.74, 6) is 1.70. The molecule has 1 aromatic carbocycles. The van der Waals surface area contributed by atoms with Crippen LogP contribution in [0.1, 0.15) is 5.56 Å². The topological polar surface area (TPSA) is 89.1 Å². The van der Waals surface area contributed by atoms with E-state index in [1.54, 1.807) is 6.20 Å². The van der Waals surface area contributed by atoms with E-state index in [1.807, 2.05) is 18.2 Å². The van der Waals surface area contributed by atoms with E-state index in [2.05, 4.69) is 20.7 Å². The molecule has 21 heavy (non-hydrogen) atoms. The van der Waals surface area contributed by atoms with Crippen molar-refractivity contribution >= 4 is 30.1 Å². The SMILES string of the molecule is Cl.O=C(CSc1cn[nH]n1)NCc1ccc2c(c1)OCO2. The summed E-state index contributed by atoms with van der Waals surface area (Å²) >= 11 is 1.33. The molecule has 2 N–H and O–H groups in total. The first-order valence-electron chi connectivity index (χ1n) is 5.95. The molecule has 0 fully saturated rings. The Morgan fingerprint density at radius 1 is 1.38 bits per heavy atom. The maximum Gasteiger partial charge on any atom is 0.231 e. The van der Waals surface area contributed by atoms with Gasteiger partial charge in [-0.2, -0.15) is 10.3 Å². The van der Waals surface area contributed by atoms with Crippen LogP contribution in [-0.4, -0.2) is 33.9 Å². The van der Waals surface area contributed by atoms with E-state index in [4.69, 9.17) is 9.47 Å². The van der Waals surface area contributed by atoms with E-state index in [-0.39, 0.29) is 25.1 Å². The maximum atomic E-state index is 11.7. The zero-order valence-corrected chi connectivity index (χ0v) is 12.5. The molecule has 0 aliphatic carbocycles. The monoisotopic (exact) mass is 328 g/mol. The molecule has 0 saturated heterocycles. The van der Waals surface area contributed by atoms with Crippen LogP contribution in [0, 0.1) is 0 Å². The molecule has 1 aliphatic heterocycles. The lowest BCUT2D eigenvalue weighted by Crippen LogP contribution is -2.24. The third kappa shape index (κ3) is 4.02. The van der Waals surface area contributed by atoms with Gasteiger partial charge in [0.25, 0.3) is 0 Å². The first-order valence-corrected chi connectivity index (χ1v) is 6.93. The lowest BCUT2D eigenvalue weighted by molar-refractivity contribution is -0.118. The Balaban J connectivity index is 0.00000161. The molecule has 0 saturated carbocycles. The summed E-state index contributed by atoms with van der Waals surface area (Å²) in [4.78, 5) is 11.7. The minimum atomic E-state index is -0.0596. The van der Waals surface area contributed by atoms with Gasteiger partial charge < -0.3 is 14.8 Å². The fourth-order valence-corrected chi connectivity index (χ4v) is 2.32. The lowest BCUT2D eigenvalue weighted by Gasteiger charge is -2.05. The van der Waals surface area contributed by atoms with Gasteiger partial charge in [-0.1, -0.05) is 17.8 Å². The Morgan fingerprint density at radius 3 is 3.05 bits per heavy atom. The number of ether oxygens (including phenoxy) is 2. The fourth-order valence-electron chi connectivity index (χ4n) is 1.70. The van der Waals surface area contributed by atoms with Crippen LogP contribution in [0.5, 0.6) is 11.5 Å². The summed E-state index contributed by atoms with van der Waals surface area (Å²) in [7, 11) is 0. The zero-order chi connectivity index (χ0) is 13.8. The molecule has 0 radical (unpaired) electrons. The van der Waals surface area contributed by atoms with Crippen LogP contribution in [0.4, 0.5) is 0 Å². The highest BCUT2D eigenvalue weighted by molar-refractivity contribution is 7.99. The summed E-state index contributed by atoms with van der Waals surface area (Å²) < 4.78 is 10.5. The zero-order valence-electron chi connectivity index (χ0n) is 10.9. The second-order valence-corrected chi connectivity index (χ2v) is 5.06. The molecule has 0 spiro atoms. The number of H-pyrrole nitrogens is 1. The summed E-state index contributed by atoms with van der Waals surface area (Å²) in [6.07, 6.45) is 1.58. The smallest absolute Gasteiger partial charge is 0.231 e. The van der Waals surface area contributed by atoms with Crippen LogP contribution in [0.25, 0.3) is 0 Å². The van der Waals surface area contributed by atoms with Crippen molar-refractivity contribution in [3.63, 3.8) is 0 Å². The van der Waals surface area contributed by atoms with Crippen molar-refractivity contribution in [1.29, 1.82) is 0 Å². The normalized spacial score (nSPS) is 11.8. The number of hydrogen-bond donors (Lipinski definition) is 2. The Hall–Kier alpha value is -1.93. The number of nitrogens with zero attached hydrogens (tertiary/aromatic N) is 2. The van der Waals surface area contributed by atoms with Crippen molar-refractivity contribution in [1.82, 2.24) is 20.7 Å². The molecule has 0 atom stereocenters. The number of aromatic nitrogens is 3. The van der Waals surface area contributed by atoms with Gasteiger partial charge in [-0.3, -0.25) is 4.79 Å². The highest BCUT2D eigenvalue weighted by atomic mass is 35.5. The summed E-state index contributed by atoms with van der Waals surface area (Å²) in [6.45, 7) is 0.703. The molecule has 9 heteroatoms. The number of hydrogen-bond acceptors (Lipinski definition) is 6. The second kappa shape index (κ2) is 7.19. The van der Waals surface area contributed by atoms with Crippen LogP contribution in [0.15, 0.2) is 29.4 Å². The maximum absolute atomic E-state index is 11.7. The Kier molecular flexibility index (Phi) is 5.29. The van der Waals surface area contributed by atoms with Crippen molar-refractivity contribution in [2.75, 3.05) is 12.5 Å². The van der Waals surface area contributed by atoms with Gasteiger partial charge in [-0.15, -0.1) is 17.5 Å². The number of rotatable bonds is 5. The summed E-state index contributed by atoms with van der Waals surface area (Å²) in [5, 5.41) is 13.6. The number of aromatic amines is 1. The van der Waals surface area contributed by atoms with E-state index >= 15 is 0 Å². The predicted molar refractivity (Wildman–Crippen MR) is 78.8 cm³/mol. The number of fused-ring (bicyclic) bond motifs is 1. The average Bonchev–Trinajstić information content (AvgIpc) is 3.13. The lowest BCUT2D eigenvalue weighted by atomic mass is 10.2. The van der Waals surface area contributed by atoms with Crippen molar-refractivity contribution < 1.29 is 14.3 Å². The van der Waals surface area contributed by atoms with Gasteiger partial charge in [0.15, 0.2) is 11.5 Å². The second-order valence-electron chi connectivity index (χ2n) is 4.06. The molecule has 7 nitrogen and oxygen atoms in total. The van der Waals surface area contributed by atoms with Crippen molar-refractivity contribution in [2.45, 2.75) is 11.6 Å². The van der Waals surface area contributed by atoms with Gasteiger partial charge in [0.2, 0.25) is 12.7 Å². The Bertz CT molecular complexity index is 609. The molecule has 2 heterocycles. The third-order valence-corrected chi connectivity index (χ3v) is 3.57.